The lowest BCUT2D eigenvalue weighted by molar-refractivity contribution is 0.0998. The standard InChI is InChI=1S/C16H24N4O2/c17-15(22)13-8-18-16(19-12-5-6-12)20-14(13)7-10-1-3-11(9-21)4-2-10/h8,10-12,21H,1-7,9H2,(H2,17,22)(H,18,19,20). The van der Waals surface area contributed by atoms with Crippen LogP contribution in [0.5, 0.6) is 0 Å². The van der Waals surface area contributed by atoms with Crippen LogP contribution in [0, 0.1) is 11.8 Å². The van der Waals surface area contributed by atoms with Gasteiger partial charge in [0, 0.05) is 18.8 Å². The highest BCUT2D eigenvalue weighted by Gasteiger charge is 2.25. The lowest BCUT2D eigenvalue weighted by Gasteiger charge is -2.27. The molecule has 1 aromatic heterocycles. The fraction of sp³-hybridized carbons (Fsp3) is 0.688. The van der Waals surface area contributed by atoms with E-state index in [4.69, 9.17) is 5.73 Å². The molecule has 2 aliphatic carbocycles. The van der Waals surface area contributed by atoms with E-state index in [1.807, 2.05) is 0 Å². The Kier molecular flexibility index (Phi) is 4.57. The Balaban J connectivity index is 1.70. The van der Waals surface area contributed by atoms with Crippen LogP contribution in [0.25, 0.3) is 0 Å². The van der Waals surface area contributed by atoms with Crippen LogP contribution in [-0.2, 0) is 6.42 Å². The van der Waals surface area contributed by atoms with Gasteiger partial charge >= 0.3 is 0 Å². The van der Waals surface area contributed by atoms with E-state index in [9.17, 15) is 9.90 Å². The van der Waals surface area contributed by atoms with Crippen molar-refractivity contribution in [2.24, 2.45) is 17.6 Å². The number of carbonyl (C=O) groups excluding carboxylic acids is 1. The number of nitrogens with one attached hydrogen (secondary N) is 1. The molecule has 0 saturated heterocycles. The molecule has 22 heavy (non-hydrogen) atoms. The first-order valence-corrected chi connectivity index (χ1v) is 8.18. The average Bonchev–Trinajstić information content (AvgIpc) is 3.32. The third kappa shape index (κ3) is 3.74. The molecule has 0 aliphatic heterocycles. The maximum atomic E-state index is 11.6. The van der Waals surface area contributed by atoms with Gasteiger partial charge in [0.1, 0.15) is 0 Å². The quantitative estimate of drug-likeness (QED) is 0.739. The van der Waals surface area contributed by atoms with E-state index in [0.717, 1.165) is 50.6 Å². The first-order valence-electron chi connectivity index (χ1n) is 8.18. The zero-order valence-corrected chi connectivity index (χ0v) is 12.8. The van der Waals surface area contributed by atoms with Crippen LogP contribution in [0.2, 0.25) is 0 Å². The van der Waals surface area contributed by atoms with Gasteiger partial charge < -0.3 is 16.2 Å². The molecule has 0 aromatic carbocycles. The molecule has 0 unspecified atom stereocenters. The van der Waals surface area contributed by atoms with Crippen molar-refractivity contribution >= 4 is 11.9 Å². The van der Waals surface area contributed by atoms with E-state index in [2.05, 4.69) is 15.3 Å². The number of rotatable bonds is 6. The summed E-state index contributed by atoms with van der Waals surface area (Å²) in [6.45, 7) is 0.280. The maximum Gasteiger partial charge on any atom is 0.252 e. The number of hydrogen-bond acceptors (Lipinski definition) is 5. The van der Waals surface area contributed by atoms with Crippen LogP contribution in [0.3, 0.4) is 0 Å². The van der Waals surface area contributed by atoms with E-state index >= 15 is 0 Å². The summed E-state index contributed by atoms with van der Waals surface area (Å²) in [6, 6.07) is 0.479. The molecule has 0 spiro atoms. The summed E-state index contributed by atoms with van der Waals surface area (Å²) < 4.78 is 0. The first kappa shape index (κ1) is 15.2. The second-order valence-electron chi connectivity index (χ2n) is 6.61. The van der Waals surface area contributed by atoms with Gasteiger partial charge in [0.25, 0.3) is 5.91 Å². The van der Waals surface area contributed by atoms with Gasteiger partial charge in [-0.1, -0.05) is 0 Å². The smallest absolute Gasteiger partial charge is 0.252 e. The molecule has 0 bridgehead atoms. The first-order chi connectivity index (χ1) is 10.7. The summed E-state index contributed by atoms with van der Waals surface area (Å²) in [6.07, 6.45) is 8.85. The third-order valence-electron chi connectivity index (χ3n) is 4.75. The molecular formula is C16H24N4O2. The number of aromatic nitrogens is 2. The largest absolute Gasteiger partial charge is 0.396 e. The average molecular weight is 304 g/mol. The summed E-state index contributed by atoms with van der Waals surface area (Å²) in [4.78, 5) is 20.3. The molecule has 2 aliphatic rings. The predicted molar refractivity (Wildman–Crippen MR) is 83.4 cm³/mol. The molecule has 6 heteroatoms. The second-order valence-corrected chi connectivity index (χ2v) is 6.61. The van der Waals surface area contributed by atoms with Crippen molar-refractivity contribution in [1.82, 2.24) is 9.97 Å². The lowest BCUT2D eigenvalue weighted by atomic mass is 9.80. The number of nitrogens with two attached hydrogens (primary N) is 1. The molecule has 3 rings (SSSR count). The minimum absolute atomic E-state index is 0.280. The monoisotopic (exact) mass is 304 g/mol. The number of nitrogens with zero attached hydrogens (tertiary/aromatic N) is 2. The summed E-state index contributed by atoms with van der Waals surface area (Å²) >= 11 is 0. The molecule has 120 valence electrons. The fourth-order valence-electron chi connectivity index (χ4n) is 3.15. The Morgan fingerprint density at radius 2 is 1.91 bits per heavy atom. The number of amides is 1. The highest BCUT2D eigenvalue weighted by Crippen LogP contribution is 2.31. The Morgan fingerprint density at radius 1 is 1.23 bits per heavy atom. The summed E-state index contributed by atoms with van der Waals surface area (Å²) in [5, 5.41) is 12.5. The summed E-state index contributed by atoms with van der Waals surface area (Å²) in [5.41, 5.74) is 6.65. The van der Waals surface area contributed by atoms with E-state index in [-0.39, 0.29) is 6.61 Å². The van der Waals surface area contributed by atoms with Crippen LogP contribution in [0.4, 0.5) is 5.95 Å². The fourth-order valence-corrected chi connectivity index (χ4v) is 3.15. The van der Waals surface area contributed by atoms with Gasteiger partial charge in [-0.2, -0.15) is 0 Å². The molecule has 4 N–H and O–H groups in total. The number of aliphatic hydroxyl groups is 1. The van der Waals surface area contributed by atoms with Crippen molar-refractivity contribution in [3.8, 4) is 0 Å². The number of primary amides is 1. The normalized spacial score (nSPS) is 25.0. The van der Waals surface area contributed by atoms with E-state index in [0.29, 0.717) is 29.4 Å². The van der Waals surface area contributed by atoms with Gasteiger partial charge in [0.05, 0.1) is 11.3 Å². The highest BCUT2D eigenvalue weighted by molar-refractivity contribution is 5.93. The van der Waals surface area contributed by atoms with E-state index < -0.39 is 5.91 Å². The maximum absolute atomic E-state index is 11.6. The van der Waals surface area contributed by atoms with Gasteiger partial charge in [0.2, 0.25) is 5.95 Å². The van der Waals surface area contributed by atoms with Crippen LogP contribution in [-0.4, -0.2) is 33.6 Å². The zero-order valence-electron chi connectivity index (χ0n) is 12.8. The molecule has 0 atom stereocenters. The number of aliphatic hydroxyl groups excluding tert-OH is 1. The van der Waals surface area contributed by atoms with Crippen LogP contribution in [0.1, 0.15) is 54.6 Å². The Morgan fingerprint density at radius 3 is 2.50 bits per heavy atom. The minimum atomic E-state index is -0.461. The van der Waals surface area contributed by atoms with E-state index in [1.54, 1.807) is 6.20 Å². The van der Waals surface area contributed by atoms with Crippen molar-refractivity contribution in [3.63, 3.8) is 0 Å². The predicted octanol–water partition coefficient (Wildman–Crippen LogP) is 1.49. The molecular weight excluding hydrogens is 280 g/mol. The molecule has 2 fully saturated rings. The van der Waals surface area contributed by atoms with Crippen molar-refractivity contribution < 1.29 is 9.90 Å². The topological polar surface area (TPSA) is 101 Å². The Labute approximate surface area is 130 Å². The zero-order chi connectivity index (χ0) is 15.5. The molecule has 2 saturated carbocycles. The summed E-state index contributed by atoms with van der Waals surface area (Å²) in [7, 11) is 0. The van der Waals surface area contributed by atoms with Gasteiger partial charge in [-0.3, -0.25) is 4.79 Å². The van der Waals surface area contributed by atoms with Crippen LogP contribution in [0.15, 0.2) is 6.20 Å². The van der Waals surface area contributed by atoms with Gasteiger partial charge in [-0.15, -0.1) is 0 Å². The van der Waals surface area contributed by atoms with Crippen molar-refractivity contribution in [3.05, 3.63) is 17.5 Å². The van der Waals surface area contributed by atoms with Crippen LogP contribution < -0.4 is 11.1 Å². The number of anilines is 1. The SMILES string of the molecule is NC(=O)c1cnc(NC2CC2)nc1CC1CCC(CO)CC1. The molecule has 1 heterocycles. The minimum Gasteiger partial charge on any atom is -0.396 e. The lowest BCUT2D eigenvalue weighted by Crippen LogP contribution is -2.22. The highest BCUT2D eigenvalue weighted by atomic mass is 16.3. The summed E-state index contributed by atoms with van der Waals surface area (Å²) in [5.74, 6) is 1.08. The van der Waals surface area contributed by atoms with Gasteiger partial charge in [-0.05, 0) is 56.8 Å². The van der Waals surface area contributed by atoms with Crippen LogP contribution >= 0.6 is 0 Å². The third-order valence-corrected chi connectivity index (χ3v) is 4.75. The van der Waals surface area contributed by atoms with Crippen molar-refractivity contribution in [2.75, 3.05) is 11.9 Å². The van der Waals surface area contributed by atoms with E-state index in [1.165, 1.54) is 0 Å². The number of carbonyl (C=O) groups is 1. The molecule has 1 amide bonds. The molecule has 1 aromatic rings. The van der Waals surface area contributed by atoms with Gasteiger partial charge in [-0.25, -0.2) is 9.97 Å². The van der Waals surface area contributed by atoms with Crippen molar-refractivity contribution in [2.45, 2.75) is 51.0 Å². The Hall–Kier alpha value is -1.69. The molecule has 0 radical (unpaired) electrons. The molecule has 6 nitrogen and oxygen atoms in total. The Bertz CT molecular complexity index is 537. The van der Waals surface area contributed by atoms with Gasteiger partial charge in [0.15, 0.2) is 0 Å². The van der Waals surface area contributed by atoms with Crippen molar-refractivity contribution in [1.29, 1.82) is 0 Å². The second kappa shape index (κ2) is 6.60. The number of hydrogen-bond donors (Lipinski definition) is 3.